The fraction of sp³-hybridized carbons (Fsp3) is 0.619. The van der Waals surface area contributed by atoms with Gasteiger partial charge in [0, 0.05) is 0 Å². The van der Waals surface area contributed by atoms with E-state index in [9.17, 15) is 5.11 Å². The van der Waals surface area contributed by atoms with Gasteiger partial charge in [0.05, 0.1) is 5.56 Å². The van der Waals surface area contributed by atoms with Gasteiger partial charge in [0.1, 0.15) is 17.1 Å². The van der Waals surface area contributed by atoms with E-state index < -0.39 is 0 Å². The van der Waals surface area contributed by atoms with Gasteiger partial charge in [-0.1, -0.05) is 33.6 Å². The minimum atomic E-state index is -0.142. The fourth-order valence-corrected chi connectivity index (χ4v) is 5.19. The molecular formula is C21H28O2. The van der Waals surface area contributed by atoms with Gasteiger partial charge in [-0.25, -0.2) is 0 Å². The number of allylic oxidation sites excluding steroid dienone is 1. The lowest BCUT2D eigenvalue weighted by molar-refractivity contribution is 0.116. The van der Waals surface area contributed by atoms with E-state index >= 15 is 0 Å². The molecule has 2 heteroatoms. The largest absolute Gasteiger partial charge is 0.507 e. The van der Waals surface area contributed by atoms with Crippen molar-refractivity contribution in [2.24, 2.45) is 11.3 Å². The van der Waals surface area contributed by atoms with Gasteiger partial charge in [-0.2, -0.15) is 0 Å². The number of aryl methyl sites for hydroxylation is 1. The molecule has 0 aromatic heterocycles. The summed E-state index contributed by atoms with van der Waals surface area (Å²) in [6.07, 6.45) is 6.96. The van der Waals surface area contributed by atoms with Crippen molar-refractivity contribution >= 4 is 5.57 Å². The summed E-state index contributed by atoms with van der Waals surface area (Å²) in [4.78, 5) is 0. The SMILES string of the molecule is CCCCCc1cc(O)c2c(c1)O[C@]1(C)CCC3C1=C2C3(C)C. The van der Waals surface area contributed by atoms with E-state index in [-0.39, 0.29) is 11.0 Å². The molecule has 2 aliphatic carbocycles. The van der Waals surface area contributed by atoms with Crippen LogP contribution < -0.4 is 4.74 Å². The number of hydrogen-bond acceptors (Lipinski definition) is 2. The van der Waals surface area contributed by atoms with E-state index in [4.69, 9.17) is 4.74 Å². The molecule has 23 heavy (non-hydrogen) atoms. The summed E-state index contributed by atoms with van der Waals surface area (Å²) in [5.41, 5.74) is 5.02. The van der Waals surface area contributed by atoms with E-state index in [1.807, 2.05) is 6.07 Å². The molecular weight excluding hydrogens is 284 g/mol. The second-order valence-corrected chi connectivity index (χ2v) is 8.38. The summed E-state index contributed by atoms with van der Waals surface area (Å²) < 4.78 is 6.45. The molecule has 0 saturated heterocycles. The Morgan fingerprint density at radius 3 is 2.74 bits per heavy atom. The average Bonchev–Trinajstić information content (AvgIpc) is 2.81. The van der Waals surface area contributed by atoms with E-state index in [1.165, 1.54) is 42.4 Å². The normalized spacial score (nSPS) is 29.7. The molecule has 1 aliphatic heterocycles. The summed E-state index contributed by atoms with van der Waals surface area (Å²) in [6.45, 7) is 9.11. The quantitative estimate of drug-likeness (QED) is 0.746. The van der Waals surface area contributed by atoms with Crippen molar-refractivity contribution in [2.75, 3.05) is 0 Å². The Morgan fingerprint density at radius 2 is 2.00 bits per heavy atom. The first-order valence-corrected chi connectivity index (χ1v) is 9.19. The maximum absolute atomic E-state index is 10.7. The Morgan fingerprint density at radius 1 is 1.22 bits per heavy atom. The number of hydrogen-bond donors (Lipinski definition) is 1. The summed E-state index contributed by atoms with van der Waals surface area (Å²) in [5.74, 6) is 1.95. The van der Waals surface area contributed by atoms with Gasteiger partial charge < -0.3 is 9.84 Å². The number of ether oxygens (including phenoxy) is 1. The van der Waals surface area contributed by atoms with Crippen LogP contribution >= 0.6 is 0 Å². The predicted octanol–water partition coefficient (Wildman–Crippen LogP) is 5.48. The first-order valence-electron chi connectivity index (χ1n) is 9.19. The van der Waals surface area contributed by atoms with Crippen LogP contribution in [0.2, 0.25) is 0 Å². The zero-order chi connectivity index (χ0) is 16.4. The van der Waals surface area contributed by atoms with Crippen LogP contribution in [0.15, 0.2) is 17.7 Å². The Kier molecular flexibility index (Phi) is 3.14. The maximum Gasteiger partial charge on any atom is 0.132 e. The summed E-state index contributed by atoms with van der Waals surface area (Å²) in [6, 6.07) is 4.15. The van der Waals surface area contributed by atoms with Gasteiger partial charge in [0.15, 0.2) is 0 Å². The predicted molar refractivity (Wildman–Crippen MR) is 93.8 cm³/mol. The highest BCUT2D eigenvalue weighted by molar-refractivity contribution is 5.89. The smallest absolute Gasteiger partial charge is 0.132 e. The standard InChI is InChI=1S/C21H28O2/c1-5-6-7-8-13-11-15(22)17-16(12-13)23-21(4)10-9-14-18(21)19(17)20(14,2)3/h11-12,14,22H,5-10H2,1-4H3/t14?,21-/m1/s1. The Labute approximate surface area is 139 Å². The zero-order valence-corrected chi connectivity index (χ0v) is 14.8. The van der Waals surface area contributed by atoms with E-state index in [1.54, 1.807) is 0 Å². The van der Waals surface area contributed by atoms with Gasteiger partial charge in [-0.05, 0) is 72.8 Å². The molecule has 1 unspecified atom stereocenters. The van der Waals surface area contributed by atoms with Crippen LogP contribution in [0.4, 0.5) is 0 Å². The lowest BCUT2D eigenvalue weighted by atomic mass is 9.55. The Balaban J connectivity index is 1.78. The van der Waals surface area contributed by atoms with Crippen molar-refractivity contribution in [1.82, 2.24) is 0 Å². The van der Waals surface area contributed by atoms with Crippen molar-refractivity contribution in [1.29, 1.82) is 0 Å². The fourth-order valence-electron chi connectivity index (χ4n) is 5.19. The topological polar surface area (TPSA) is 29.5 Å². The van der Waals surface area contributed by atoms with Crippen LogP contribution in [0.25, 0.3) is 5.57 Å². The molecule has 0 spiro atoms. The number of phenolic OH excluding ortho intramolecular Hbond substituents is 1. The number of rotatable bonds is 4. The minimum Gasteiger partial charge on any atom is -0.507 e. The molecule has 1 N–H and O–H groups in total. The van der Waals surface area contributed by atoms with E-state index in [0.717, 1.165) is 24.2 Å². The van der Waals surface area contributed by atoms with Gasteiger partial charge in [-0.15, -0.1) is 0 Å². The minimum absolute atomic E-state index is 0.142. The molecule has 2 atom stereocenters. The lowest BCUT2D eigenvalue weighted by Gasteiger charge is -2.52. The molecule has 1 saturated carbocycles. The summed E-state index contributed by atoms with van der Waals surface area (Å²) in [7, 11) is 0. The average molecular weight is 312 g/mol. The zero-order valence-electron chi connectivity index (χ0n) is 14.8. The molecule has 2 nitrogen and oxygen atoms in total. The number of unbranched alkanes of at least 4 members (excludes halogenated alkanes) is 2. The number of phenols is 1. The summed E-state index contributed by atoms with van der Waals surface area (Å²) in [5, 5.41) is 10.7. The molecule has 0 bridgehead atoms. The molecule has 124 valence electrons. The molecule has 1 aromatic carbocycles. The Bertz CT molecular complexity index is 698. The molecule has 4 rings (SSSR count). The van der Waals surface area contributed by atoms with Crippen molar-refractivity contribution < 1.29 is 9.84 Å². The van der Waals surface area contributed by atoms with Crippen LogP contribution in [-0.2, 0) is 6.42 Å². The second kappa shape index (κ2) is 4.78. The van der Waals surface area contributed by atoms with Crippen molar-refractivity contribution in [3.8, 4) is 11.5 Å². The van der Waals surface area contributed by atoms with Crippen LogP contribution in [0.3, 0.4) is 0 Å². The molecule has 1 heterocycles. The number of aromatic hydroxyl groups is 1. The molecule has 3 aliphatic rings. The van der Waals surface area contributed by atoms with Crippen LogP contribution in [0.1, 0.15) is 70.9 Å². The molecule has 0 radical (unpaired) electrons. The molecule has 0 amide bonds. The lowest BCUT2D eigenvalue weighted by Crippen LogP contribution is -2.46. The Hall–Kier alpha value is -1.44. The van der Waals surface area contributed by atoms with Crippen molar-refractivity contribution in [3.05, 3.63) is 28.8 Å². The van der Waals surface area contributed by atoms with E-state index in [2.05, 4.69) is 33.8 Å². The van der Waals surface area contributed by atoms with Crippen molar-refractivity contribution in [2.45, 2.75) is 71.8 Å². The number of fused-ring (bicyclic) bond motifs is 2. The number of benzene rings is 1. The van der Waals surface area contributed by atoms with Crippen LogP contribution in [0, 0.1) is 11.3 Å². The highest BCUT2D eigenvalue weighted by Gasteiger charge is 2.61. The van der Waals surface area contributed by atoms with Crippen molar-refractivity contribution in [3.63, 3.8) is 0 Å². The third-order valence-electron chi connectivity index (χ3n) is 6.41. The third-order valence-corrected chi connectivity index (χ3v) is 6.41. The van der Waals surface area contributed by atoms with Gasteiger partial charge in [0.25, 0.3) is 0 Å². The third kappa shape index (κ3) is 1.93. The van der Waals surface area contributed by atoms with E-state index in [0.29, 0.717) is 11.7 Å². The van der Waals surface area contributed by atoms with Crippen LogP contribution in [-0.4, -0.2) is 10.7 Å². The maximum atomic E-state index is 10.7. The van der Waals surface area contributed by atoms with Gasteiger partial charge in [0.2, 0.25) is 0 Å². The van der Waals surface area contributed by atoms with Gasteiger partial charge in [-0.3, -0.25) is 0 Å². The second-order valence-electron chi connectivity index (χ2n) is 8.38. The highest BCUT2D eigenvalue weighted by atomic mass is 16.5. The first-order chi connectivity index (χ1) is 10.9. The van der Waals surface area contributed by atoms with Crippen LogP contribution in [0.5, 0.6) is 11.5 Å². The summed E-state index contributed by atoms with van der Waals surface area (Å²) >= 11 is 0. The monoisotopic (exact) mass is 312 g/mol. The van der Waals surface area contributed by atoms with Gasteiger partial charge >= 0.3 is 0 Å². The highest BCUT2D eigenvalue weighted by Crippen LogP contribution is 2.70. The molecule has 1 fully saturated rings. The molecule has 1 aromatic rings. The first kappa shape index (κ1) is 15.1.